The number of anilines is 1. The van der Waals surface area contributed by atoms with Gasteiger partial charge in [-0.1, -0.05) is 89.1 Å². The van der Waals surface area contributed by atoms with Crippen LogP contribution < -0.4 is 15.6 Å². The normalized spacial score (nSPS) is 17.1. The summed E-state index contributed by atoms with van der Waals surface area (Å²) in [6.07, 6.45) is 20.2. The van der Waals surface area contributed by atoms with Gasteiger partial charge in [0.15, 0.2) is 24.1 Å². The summed E-state index contributed by atoms with van der Waals surface area (Å²) in [6.45, 7) is 4.45. The van der Waals surface area contributed by atoms with Gasteiger partial charge in [-0.15, -0.1) is 11.8 Å². The lowest BCUT2D eigenvalue weighted by molar-refractivity contribution is -0.689. The molecule has 16 heteroatoms. The Labute approximate surface area is 313 Å². The second-order valence-electron chi connectivity index (χ2n) is 13.0. The first-order valence-corrected chi connectivity index (χ1v) is 20.2. The summed E-state index contributed by atoms with van der Waals surface area (Å²) in [6, 6.07) is 2.67. The number of unbranched alkanes of at least 4 members (excludes halogenated alkanes) is 12. The number of esters is 1. The van der Waals surface area contributed by atoms with Gasteiger partial charge in [0.25, 0.3) is 11.8 Å². The van der Waals surface area contributed by atoms with Crippen LogP contribution in [0.5, 0.6) is 0 Å². The number of hydrogen-bond acceptors (Lipinski definition) is 12. The second kappa shape index (κ2) is 21.5. The number of oxime groups is 1. The van der Waals surface area contributed by atoms with E-state index in [0.717, 1.165) is 36.4 Å². The molecule has 2 aliphatic heterocycles. The molecule has 52 heavy (non-hydrogen) atoms. The minimum Gasteiger partial charge on any atom is -0.477 e. The van der Waals surface area contributed by atoms with E-state index in [1.54, 1.807) is 23.9 Å². The molecule has 0 aromatic carbocycles. The minimum atomic E-state index is -1.24. The summed E-state index contributed by atoms with van der Waals surface area (Å²) in [5.74, 6) is -2.49. The molecule has 4 heterocycles. The van der Waals surface area contributed by atoms with Gasteiger partial charge in [-0.2, -0.15) is 9.36 Å². The molecule has 4 rings (SSSR count). The van der Waals surface area contributed by atoms with Crippen LogP contribution in [0, 0.1) is 0 Å². The Morgan fingerprint density at radius 3 is 2.35 bits per heavy atom. The Morgan fingerprint density at radius 2 is 1.73 bits per heavy atom. The SMILES string of the molecule is CCCCCCCCCCCCCCCC(=O)OCc1ccc[n+](CC2=C(C(=O)O)N3C(=O)C(NC(=O)C(=NOCC)c4nsc(N)n4)[C@H]3SC2)c1. The molecule has 2 aliphatic rings. The molecule has 2 aromatic heterocycles. The fraction of sp³-hybridized carbons (Fsp3) is 0.611. The number of aromatic nitrogens is 3. The Bertz CT molecular complexity index is 1580. The number of carboxylic acid groups (broad SMARTS) is 1. The van der Waals surface area contributed by atoms with Crippen LogP contribution in [0.4, 0.5) is 5.13 Å². The summed E-state index contributed by atoms with van der Waals surface area (Å²) in [7, 11) is 0. The number of nitrogens with one attached hydrogen (secondary N) is 1. The molecule has 2 amide bonds. The number of hydrogen-bond donors (Lipinski definition) is 3. The predicted molar refractivity (Wildman–Crippen MR) is 199 cm³/mol. The number of nitrogens with zero attached hydrogens (tertiary/aromatic N) is 5. The molecule has 0 aliphatic carbocycles. The Hall–Kier alpha value is -4.05. The topological polar surface area (TPSA) is 190 Å². The van der Waals surface area contributed by atoms with E-state index in [4.69, 9.17) is 15.3 Å². The van der Waals surface area contributed by atoms with Crippen LogP contribution in [-0.4, -0.2) is 72.6 Å². The van der Waals surface area contributed by atoms with Crippen molar-refractivity contribution in [2.75, 3.05) is 18.1 Å². The van der Waals surface area contributed by atoms with Crippen molar-refractivity contribution in [3.05, 3.63) is 47.2 Å². The van der Waals surface area contributed by atoms with Crippen molar-refractivity contribution in [2.45, 2.75) is 128 Å². The molecular formula is C36H52N7O7S2+. The molecule has 1 unspecified atom stereocenters. The number of thioether (sulfide) groups is 1. The number of carbonyl (C=O) groups excluding carboxylic acids is 3. The number of nitrogen functional groups attached to an aromatic ring is 1. The third-order valence-corrected chi connectivity index (χ3v) is 10.7. The summed E-state index contributed by atoms with van der Waals surface area (Å²) in [5.41, 5.74) is 6.61. The van der Waals surface area contributed by atoms with E-state index in [1.165, 1.54) is 80.9 Å². The molecule has 2 atom stereocenters. The lowest BCUT2D eigenvalue weighted by atomic mass is 10.0. The van der Waals surface area contributed by atoms with E-state index in [2.05, 4.69) is 26.8 Å². The van der Waals surface area contributed by atoms with Crippen LogP contribution in [0.2, 0.25) is 0 Å². The van der Waals surface area contributed by atoms with Crippen LogP contribution >= 0.6 is 23.3 Å². The van der Waals surface area contributed by atoms with Crippen LogP contribution in [0.25, 0.3) is 0 Å². The fourth-order valence-corrected chi connectivity index (χ4v) is 7.93. The molecule has 0 saturated carbocycles. The van der Waals surface area contributed by atoms with Gasteiger partial charge in [0, 0.05) is 35.3 Å². The number of fused-ring (bicyclic) bond motifs is 1. The third-order valence-electron chi connectivity index (χ3n) is 8.87. The first-order valence-electron chi connectivity index (χ1n) is 18.4. The highest BCUT2D eigenvalue weighted by molar-refractivity contribution is 8.00. The number of rotatable bonds is 24. The van der Waals surface area contributed by atoms with Gasteiger partial charge in [-0.05, 0) is 19.4 Å². The van der Waals surface area contributed by atoms with Gasteiger partial charge in [-0.25, -0.2) is 9.36 Å². The first-order chi connectivity index (χ1) is 25.2. The summed E-state index contributed by atoms with van der Waals surface area (Å²) < 4.78 is 11.3. The van der Waals surface area contributed by atoms with Crippen LogP contribution in [0.3, 0.4) is 0 Å². The molecule has 0 bridgehead atoms. The van der Waals surface area contributed by atoms with Crippen molar-refractivity contribution in [2.24, 2.45) is 5.16 Å². The Balaban J connectivity index is 1.21. The number of β-lactam (4-membered cyclic amide) rings is 1. The van der Waals surface area contributed by atoms with Crippen LogP contribution in [0.15, 0.2) is 41.0 Å². The number of carboxylic acids is 1. The number of aliphatic carboxylic acids is 1. The van der Waals surface area contributed by atoms with E-state index in [0.29, 0.717) is 17.7 Å². The Morgan fingerprint density at radius 1 is 1.06 bits per heavy atom. The zero-order valence-electron chi connectivity index (χ0n) is 30.2. The average Bonchev–Trinajstić information content (AvgIpc) is 3.57. The molecule has 1 fully saturated rings. The van der Waals surface area contributed by atoms with E-state index in [9.17, 15) is 24.3 Å². The second-order valence-corrected chi connectivity index (χ2v) is 14.9. The zero-order chi connectivity index (χ0) is 37.3. The number of amides is 2. The maximum absolute atomic E-state index is 13.3. The lowest BCUT2D eigenvalue weighted by Gasteiger charge is -2.49. The standard InChI is InChI=1S/C36H51N7O7S2/c1-3-5-6-7-8-9-10-11-12-13-14-15-16-19-27(44)49-23-25-18-17-20-42(21-25)22-26-24-51-34-29(33(46)43(34)30(26)35(47)48)38-32(45)28(40-50-4-2)31-39-36(37)52-41-31/h17-18,20-21,29,34H,3-16,19,22-24H2,1-2H3,(H3-,37,38,39,41,45,47,48)/p+1/t29?,34-/m1/s1. The summed E-state index contributed by atoms with van der Waals surface area (Å²) in [4.78, 5) is 61.4. The quantitative estimate of drug-likeness (QED) is 0.0322. The van der Waals surface area contributed by atoms with Crippen molar-refractivity contribution in [3.8, 4) is 0 Å². The van der Waals surface area contributed by atoms with Gasteiger partial charge in [0.1, 0.15) is 30.3 Å². The van der Waals surface area contributed by atoms with Crippen molar-refractivity contribution in [1.82, 2.24) is 19.6 Å². The maximum Gasteiger partial charge on any atom is 0.352 e. The molecule has 4 N–H and O–H groups in total. The van der Waals surface area contributed by atoms with E-state index in [-0.39, 0.29) is 48.1 Å². The van der Waals surface area contributed by atoms with Gasteiger partial charge in [0.05, 0.1) is 5.56 Å². The molecule has 1 saturated heterocycles. The minimum absolute atomic E-state index is 0.0365. The van der Waals surface area contributed by atoms with Crippen LogP contribution in [-0.2, 0) is 41.9 Å². The molecule has 0 radical (unpaired) electrons. The van der Waals surface area contributed by atoms with E-state index in [1.807, 2.05) is 12.1 Å². The van der Waals surface area contributed by atoms with Crippen molar-refractivity contribution in [3.63, 3.8) is 0 Å². The zero-order valence-corrected chi connectivity index (χ0v) is 31.9. The molecule has 2 aromatic rings. The number of carbonyl (C=O) groups is 4. The van der Waals surface area contributed by atoms with Gasteiger partial charge in [0.2, 0.25) is 11.5 Å². The number of ether oxygens (including phenoxy) is 1. The van der Waals surface area contributed by atoms with E-state index < -0.39 is 29.2 Å². The van der Waals surface area contributed by atoms with Gasteiger partial charge < -0.3 is 25.7 Å². The highest BCUT2D eigenvalue weighted by atomic mass is 32.2. The lowest BCUT2D eigenvalue weighted by Crippen LogP contribution is -2.71. The maximum atomic E-state index is 13.3. The predicted octanol–water partition coefficient (Wildman–Crippen LogP) is 5.11. The molecule has 0 spiro atoms. The van der Waals surface area contributed by atoms with Crippen molar-refractivity contribution >= 4 is 57.9 Å². The molecular weight excluding hydrogens is 707 g/mol. The highest BCUT2D eigenvalue weighted by Crippen LogP contribution is 2.40. The third kappa shape index (κ3) is 12.0. The monoisotopic (exact) mass is 758 g/mol. The number of nitrogens with two attached hydrogens (primary N) is 1. The van der Waals surface area contributed by atoms with E-state index >= 15 is 0 Å². The average molecular weight is 759 g/mol. The summed E-state index contributed by atoms with van der Waals surface area (Å²) >= 11 is 2.23. The van der Waals surface area contributed by atoms with Gasteiger partial charge in [-0.3, -0.25) is 19.3 Å². The van der Waals surface area contributed by atoms with Crippen molar-refractivity contribution in [1.29, 1.82) is 0 Å². The smallest absolute Gasteiger partial charge is 0.352 e. The van der Waals surface area contributed by atoms with Gasteiger partial charge >= 0.3 is 11.9 Å². The number of pyridine rings is 1. The summed E-state index contributed by atoms with van der Waals surface area (Å²) in [5, 5.41) is 16.1. The van der Waals surface area contributed by atoms with Crippen LogP contribution in [0.1, 0.15) is 115 Å². The molecule has 14 nitrogen and oxygen atoms in total. The largest absolute Gasteiger partial charge is 0.477 e. The first kappa shape index (κ1) is 40.7. The highest BCUT2D eigenvalue weighted by Gasteiger charge is 2.55. The molecule has 284 valence electrons. The Kier molecular flexibility index (Phi) is 16.8. The fourth-order valence-electron chi connectivity index (χ4n) is 6.16. The van der Waals surface area contributed by atoms with Crippen molar-refractivity contribution < 1.29 is 38.4 Å².